The van der Waals surface area contributed by atoms with Crippen molar-refractivity contribution in [2.75, 3.05) is 23.3 Å². The van der Waals surface area contributed by atoms with Crippen molar-refractivity contribution in [3.05, 3.63) is 23.2 Å². The van der Waals surface area contributed by atoms with Crippen molar-refractivity contribution in [3.63, 3.8) is 0 Å². The monoisotopic (exact) mass is 268 g/mol. The van der Waals surface area contributed by atoms with Crippen LogP contribution in [0.1, 0.15) is 12.8 Å². The Balaban J connectivity index is 2.28. The molecular formula is C12H13ClN2O3. The number of nitrogens with one attached hydrogen (secondary N) is 1. The molecule has 2 rings (SSSR count). The minimum absolute atomic E-state index is 0.0279. The summed E-state index contributed by atoms with van der Waals surface area (Å²) in [5, 5.41) is 12.1. The van der Waals surface area contributed by atoms with Crippen LogP contribution in [-0.4, -0.2) is 30.1 Å². The standard InChI is InChI=1S/C12H13ClN2O3/c13-8-1-2-9-10(7-8)15(6-4-12(17)18)5-3-11(16)14-9/h1-2,7H,3-6H2,(H,14,16)(H,17,18). The molecule has 1 amide bonds. The van der Waals surface area contributed by atoms with Crippen LogP contribution in [-0.2, 0) is 9.59 Å². The first kappa shape index (κ1) is 12.7. The molecule has 0 unspecified atom stereocenters. The summed E-state index contributed by atoms with van der Waals surface area (Å²) in [6, 6.07) is 5.17. The van der Waals surface area contributed by atoms with Gasteiger partial charge >= 0.3 is 5.97 Å². The van der Waals surface area contributed by atoms with Gasteiger partial charge in [-0.15, -0.1) is 0 Å². The second-order valence-electron chi connectivity index (χ2n) is 4.09. The minimum atomic E-state index is -0.859. The summed E-state index contributed by atoms with van der Waals surface area (Å²) in [4.78, 5) is 24.0. The number of carboxylic acids is 1. The Morgan fingerprint density at radius 1 is 1.50 bits per heavy atom. The largest absolute Gasteiger partial charge is 0.481 e. The van der Waals surface area contributed by atoms with E-state index in [4.69, 9.17) is 16.7 Å². The third-order valence-corrected chi connectivity index (χ3v) is 3.01. The second kappa shape index (κ2) is 5.27. The molecule has 1 aromatic carbocycles. The summed E-state index contributed by atoms with van der Waals surface area (Å²) < 4.78 is 0. The molecule has 5 nitrogen and oxygen atoms in total. The van der Waals surface area contributed by atoms with E-state index in [0.717, 1.165) is 5.69 Å². The number of aliphatic carboxylic acids is 1. The first-order valence-electron chi connectivity index (χ1n) is 5.62. The highest BCUT2D eigenvalue weighted by Crippen LogP contribution is 2.31. The predicted molar refractivity (Wildman–Crippen MR) is 69.2 cm³/mol. The Hall–Kier alpha value is -1.75. The van der Waals surface area contributed by atoms with Crippen LogP contribution in [0, 0.1) is 0 Å². The molecular weight excluding hydrogens is 256 g/mol. The van der Waals surface area contributed by atoms with E-state index >= 15 is 0 Å². The number of carbonyl (C=O) groups excluding carboxylic acids is 1. The van der Waals surface area contributed by atoms with Gasteiger partial charge < -0.3 is 15.3 Å². The zero-order valence-electron chi connectivity index (χ0n) is 9.65. The number of halogens is 1. The Labute approximate surface area is 109 Å². The van der Waals surface area contributed by atoms with E-state index in [1.807, 2.05) is 4.90 Å². The van der Waals surface area contributed by atoms with E-state index in [1.54, 1.807) is 18.2 Å². The van der Waals surface area contributed by atoms with Crippen LogP contribution in [0.4, 0.5) is 11.4 Å². The van der Waals surface area contributed by atoms with Gasteiger partial charge in [0.15, 0.2) is 0 Å². The summed E-state index contributed by atoms with van der Waals surface area (Å²) in [6.07, 6.45) is 0.367. The van der Waals surface area contributed by atoms with Gasteiger partial charge in [0, 0.05) is 24.5 Å². The maximum atomic E-state index is 11.5. The fraction of sp³-hybridized carbons (Fsp3) is 0.333. The summed E-state index contributed by atoms with van der Waals surface area (Å²) in [5.41, 5.74) is 1.45. The number of hydrogen-bond acceptors (Lipinski definition) is 3. The number of hydrogen-bond donors (Lipinski definition) is 2. The third kappa shape index (κ3) is 2.92. The van der Waals surface area contributed by atoms with Crippen molar-refractivity contribution in [2.24, 2.45) is 0 Å². The van der Waals surface area contributed by atoms with Gasteiger partial charge in [-0.3, -0.25) is 9.59 Å². The first-order valence-corrected chi connectivity index (χ1v) is 6.00. The van der Waals surface area contributed by atoms with E-state index in [9.17, 15) is 9.59 Å². The van der Waals surface area contributed by atoms with Crippen molar-refractivity contribution in [2.45, 2.75) is 12.8 Å². The smallest absolute Gasteiger partial charge is 0.305 e. The van der Waals surface area contributed by atoms with Gasteiger partial charge in [0.1, 0.15) is 0 Å². The van der Waals surface area contributed by atoms with Gasteiger partial charge in [-0.1, -0.05) is 11.6 Å². The third-order valence-electron chi connectivity index (χ3n) is 2.78. The van der Waals surface area contributed by atoms with Crippen LogP contribution >= 0.6 is 11.6 Å². The van der Waals surface area contributed by atoms with Crippen LogP contribution in [0.25, 0.3) is 0 Å². The minimum Gasteiger partial charge on any atom is -0.481 e. The lowest BCUT2D eigenvalue weighted by Gasteiger charge is -2.23. The van der Waals surface area contributed by atoms with Gasteiger partial charge in [-0.25, -0.2) is 0 Å². The van der Waals surface area contributed by atoms with E-state index in [-0.39, 0.29) is 12.3 Å². The lowest BCUT2D eigenvalue weighted by atomic mass is 10.2. The van der Waals surface area contributed by atoms with Gasteiger partial charge in [0.25, 0.3) is 0 Å². The molecule has 6 heteroatoms. The Morgan fingerprint density at radius 2 is 2.28 bits per heavy atom. The topological polar surface area (TPSA) is 69.6 Å². The quantitative estimate of drug-likeness (QED) is 0.879. The molecule has 1 aliphatic heterocycles. The number of fused-ring (bicyclic) bond motifs is 1. The number of benzene rings is 1. The Kier molecular flexibility index (Phi) is 3.72. The molecule has 0 saturated carbocycles. The predicted octanol–water partition coefficient (Wildman–Crippen LogP) is 1.96. The maximum absolute atomic E-state index is 11.5. The zero-order chi connectivity index (χ0) is 13.1. The molecule has 0 fully saturated rings. The SMILES string of the molecule is O=C(O)CCN1CCC(=O)Nc2ccc(Cl)cc21. The van der Waals surface area contributed by atoms with E-state index < -0.39 is 5.97 Å². The zero-order valence-corrected chi connectivity index (χ0v) is 10.4. The molecule has 0 saturated heterocycles. The number of rotatable bonds is 3. The van der Waals surface area contributed by atoms with Crippen molar-refractivity contribution < 1.29 is 14.7 Å². The average molecular weight is 269 g/mol. The van der Waals surface area contributed by atoms with Crippen LogP contribution in [0.15, 0.2) is 18.2 Å². The molecule has 0 aliphatic carbocycles. The first-order chi connectivity index (χ1) is 8.56. The van der Waals surface area contributed by atoms with E-state index in [0.29, 0.717) is 30.2 Å². The number of anilines is 2. The number of amides is 1. The number of carbonyl (C=O) groups is 2. The second-order valence-corrected chi connectivity index (χ2v) is 4.53. The van der Waals surface area contributed by atoms with Gasteiger partial charge in [0.2, 0.25) is 5.91 Å². The Bertz CT molecular complexity index is 490. The summed E-state index contributed by atoms with van der Waals surface area (Å²) in [7, 11) is 0. The highest BCUT2D eigenvalue weighted by Gasteiger charge is 2.19. The molecule has 0 bridgehead atoms. The lowest BCUT2D eigenvalue weighted by molar-refractivity contribution is -0.136. The van der Waals surface area contributed by atoms with Crippen LogP contribution in [0.3, 0.4) is 0 Å². The fourth-order valence-corrected chi connectivity index (χ4v) is 2.07. The molecule has 1 heterocycles. The molecule has 96 valence electrons. The van der Waals surface area contributed by atoms with Crippen LogP contribution in [0.5, 0.6) is 0 Å². The van der Waals surface area contributed by atoms with Crippen LogP contribution in [0.2, 0.25) is 5.02 Å². The van der Waals surface area contributed by atoms with Gasteiger partial charge in [-0.05, 0) is 18.2 Å². The Morgan fingerprint density at radius 3 is 3.00 bits per heavy atom. The van der Waals surface area contributed by atoms with Crippen molar-refractivity contribution in [3.8, 4) is 0 Å². The molecule has 0 spiro atoms. The molecule has 0 radical (unpaired) electrons. The van der Waals surface area contributed by atoms with E-state index in [2.05, 4.69) is 5.32 Å². The van der Waals surface area contributed by atoms with Gasteiger partial charge in [-0.2, -0.15) is 0 Å². The molecule has 1 aliphatic rings. The molecule has 1 aromatic rings. The van der Waals surface area contributed by atoms with Gasteiger partial charge in [0.05, 0.1) is 17.8 Å². The average Bonchev–Trinajstić information content (AvgIpc) is 2.45. The summed E-state index contributed by atoms with van der Waals surface area (Å²) >= 11 is 5.94. The highest BCUT2D eigenvalue weighted by molar-refractivity contribution is 6.31. The lowest BCUT2D eigenvalue weighted by Crippen LogP contribution is -2.27. The van der Waals surface area contributed by atoms with Crippen molar-refractivity contribution >= 4 is 34.9 Å². The van der Waals surface area contributed by atoms with Crippen molar-refractivity contribution in [1.29, 1.82) is 0 Å². The fourth-order valence-electron chi connectivity index (χ4n) is 1.90. The maximum Gasteiger partial charge on any atom is 0.305 e. The molecule has 2 N–H and O–H groups in total. The molecule has 0 aromatic heterocycles. The number of nitrogens with zero attached hydrogens (tertiary/aromatic N) is 1. The summed E-state index contributed by atoms with van der Waals surface area (Å²) in [6.45, 7) is 0.851. The highest BCUT2D eigenvalue weighted by atomic mass is 35.5. The van der Waals surface area contributed by atoms with Crippen LogP contribution < -0.4 is 10.2 Å². The summed E-state index contributed by atoms with van der Waals surface area (Å²) in [5.74, 6) is -0.932. The van der Waals surface area contributed by atoms with E-state index in [1.165, 1.54) is 0 Å². The normalized spacial score (nSPS) is 14.7. The molecule has 18 heavy (non-hydrogen) atoms. The van der Waals surface area contributed by atoms with Crippen molar-refractivity contribution in [1.82, 2.24) is 0 Å². The molecule has 0 atom stereocenters. The number of carboxylic acid groups (broad SMARTS) is 1.